The van der Waals surface area contributed by atoms with Gasteiger partial charge in [-0.05, 0) is 49.6 Å². The zero-order valence-corrected chi connectivity index (χ0v) is 23.5. The Bertz CT molecular complexity index is 1030. The quantitative estimate of drug-likeness (QED) is 0.0747. The predicted octanol–water partition coefficient (Wildman–Crippen LogP) is 3.13. The normalized spacial score (nSPS) is 13.5. The third-order valence-corrected chi connectivity index (χ3v) is 5.75. The summed E-state index contributed by atoms with van der Waals surface area (Å²) >= 11 is 0. The number of esters is 4. The van der Waals surface area contributed by atoms with Crippen molar-refractivity contribution in [3.05, 3.63) is 71.5 Å². The maximum absolute atomic E-state index is 12.6. The monoisotopic (exact) mass is 562 g/mol. The highest BCUT2D eigenvalue weighted by molar-refractivity contribution is 5.94. The number of aliphatic hydroxyl groups excluding tert-OH is 1. The van der Waals surface area contributed by atoms with E-state index in [0.717, 1.165) is 0 Å². The minimum absolute atomic E-state index is 0.0178. The van der Waals surface area contributed by atoms with Crippen LogP contribution in [0.15, 0.2) is 66.0 Å². The fourth-order valence-electron chi connectivity index (χ4n) is 3.53. The molecule has 1 rings (SSSR count). The second-order valence-electron chi connectivity index (χ2n) is 8.48. The summed E-state index contributed by atoms with van der Waals surface area (Å²) in [7, 11) is 4.97. The number of methoxy groups -OCH3 is 4. The molecule has 0 aliphatic rings. The molecule has 220 valence electrons. The zero-order valence-electron chi connectivity index (χ0n) is 23.5. The van der Waals surface area contributed by atoms with E-state index >= 15 is 0 Å². The maximum Gasteiger partial charge on any atom is 0.338 e. The second kappa shape index (κ2) is 19.2. The van der Waals surface area contributed by atoms with E-state index in [1.807, 2.05) is 0 Å². The highest BCUT2D eigenvalue weighted by Gasteiger charge is 2.31. The van der Waals surface area contributed by atoms with Crippen molar-refractivity contribution < 1.29 is 52.7 Å². The smallest absolute Gasteiger partial charge is 0.338 e. The fourth-order valence-corrected chi connectivity index (χ4v) is 3.53. The van der Waals surface area contributed by atoms with Crippen molar-refractivity contribution in [1.29, 1.82) is 0 Å². The van der Waals surface area contributed by atoms with Crippen molar-refractivity contribution in [1.82, 2.24) is 0 Å². The van der Waals surface area contributed by atoms with Gasteiger partial charge >= 0.3 is 23.9 Å². The Morgan fingerprint density at radius 2 is 1.52 bits per heavy atom. The number of ether oxygens (including phenoxy) is 6. The lowest BCUT2D eigenvalue weighted by Gasteiger charge is -2.23. The topological polar surface area (TPSA) is 144 Å². The molecule has 0 spiro atoms. The van der Waals surface area contributed by atoms with Crippen LogP contribution in [0.3, 0.4) is 0 Å². The molecule has 1 aromatic rings. The number of rotatable bonds is 17. The third kappa shape index (κ3) is 11.8. The molecule has 11 nitrogen and oxygen atoms in total. The molecule has 1 N–H and O–H groups in total. The molecule has 0 aliphatic carbocycles. The summed E-state index contributed by atoms with van der Waals surface area (Å²) in [6, 6.07) is 8.56. The number of aliphatic hydroxyl groups is 1. The molecular formula is C29H38O11. The molecule has 0 aromatic heterocycles. The lowest BCUT2D eigenvalue weighted by Crippen LogP contribution is -2.31. The van der Waals surface area contributed by atoms with Crippen LogP contribution in [-0.2, 0) is 42.8 Å². The number of carbonyl (C=O) groups is 4. The van der Waals surface area contributed by atoms with Gasteiger partial charge in [0.15, 0.2) is 12.7 Å². The Labute approximate surface area is 234 Å². The summed E-state index contributed by atoms with van der Waals surface area (Å²) in [4.78, 5) is 48.4. The first-order valence-corrected chi connectivity index (χ1v) is 12.5. The van der Waals surface area contributed by atoms with Crippen LogP contribution in [0.4, 0.5) is 0 Å². The molecule has 0 amide bonds. The van der Waals surface area contributed by atoms with E-state index < -0.39 is 41.8 Å². The van der Waals surface area contributed by atoms with Gasteiger partial charge in [-0.25, -0.2) is 4.79 Å². The summed E-state index contributed by atoms with van der Waals surface area (Å²) in [5, 5.41) is 10.9. The van der Waals surface area contributed by atoms with E-state index in [4.69, 9.17) is 18.9 Å². The first-order chi connectivity index (χ1) is 19.2. The van der Waals surface area contributed by atoms with Gasteiger partial charge < -0.3 is 33.5 Å². The van der Waals surface area contributed by atoms with Gasteiger partial charge in [0.05, 0.1) is 44.7 Å². The summed E-state index contributed by atoms with van der Waals surface area (Å²) < 4.78 is 29.9. The second-order valence-corrected chi connectivity index (χ2v) is 8.48. The molecule has 0 radical (unpaired) electrons. The molecular weight excluding hydrogens is 524 g/mol. The number of hydrogen-bond acceptors (Lipinski definition) is 11. The van der Waals surface area contributed by atoms with E-state index in [2.05, 4.69) is 9.47 Å². The summed E-state index contributed by atoms with van der Waals surface area (Å²) in [6.45, 7) is 1.52. The molecule has 0 saturated heterocycles. The van der Waals surface area contributed by atoms with Crippen LogP contribution in [0.25, 0.3) is 0 Å². The largest absolute Gasteiger partial charge is 0.472 e. The van der Waals surface area contributed by atoms with Crippen LogP contribution in [0.5, 0.6) is 0 Å². The van der Waals surface area contributed by atoms with E-state index in [9.17, 15) is 24.3 Å². The minimum Gasteiger partial charge on any atom is -0.472 e. The molecule has 0 bridgehead atoms. The van der Waals surface area contributed by atoms with Crippen LogP contribution in [0, 0.1) is 11.8 Å². The summed E-state index contributed by atoms with van der Waals surface area (Å²) in [6.07, 6.45) is 5.37. The number of hydrogen-bond donors (Lipinski definition) is 1. The van der Waals surface area contributed by atoms with Gasteiger partial charge in [0.2, 0.25) is 0 Å². The van der Waals surface area contributed by atoms with Gasteiger partial charge in [0.25, 0.3) is 0 Å². The number of carbonyl (C=O) groups excluding carboxylic acids is 4. The molecule has 0 aliphatic heterocycles. The molecule has 40 heavy (non-hydrogen) atoms. The standard InChI is InChI=1S/C29H38O11/c1-20(12-9-10-17-39-26(31)21-13-7-6-8-14-21)25(30)24(29(34)38-5)18-22(40-19-35-2)15-11-16-23(27(32)36-3)28(33)37-4/h6-10,12-15,23-25,30H,11,16-19H2,1-5H3/b10-9+,20-12-,22-15+/t24-,25-/m1/s1. The van der Waals surface area contributed by atoms with Crippen molar-refractivity contribution >= 4 is 23.9 Å². The fraction of sp³-hybridized carbons (Fsp3) is 0.448. The van der Waals surface area contributed by atoms with Crippen LogP contribution in [0.2, 0.25) is 0 Å². The molecule has 2 atom stereocenters. The van der Waals surface area contributed by atoms with E-state index in [0.29, 0.717) is 16.9 Å². The average molecular weight is 563 g/mol. The van der Waals surface area contributed by atoms with Gasteiger partial charge in [-0.15, -0.1) is 0 Å². The highest BCUT2D eigenvalue weighted by Crippen LogP contribution is 2.24. The Kier molecular flexibility index (Phi) is 16.3. The van der Waals surface area contributed by atoms with Gasteiger partial charge in [0, 0.05) is 13.5 Å². The van der Waals surface area contributed by atoms with Crippen molar-refractivity contribution in [2.45, 2.75) is 32.3 Å². The molecule has 0 saturated carbocycles. The summed E-state index contributed by atoms with van der Waals surface area (Å²) in [5.41, 5.74) is 0.883. The molecule has 0 heterocycles. The highest BCUT2D eigenvalue weighted by atomic mass is 16.7. The van der Waals surface area contributed by atoms with Crippen molar-refractivity contribution in [3.63, 3.8) is 0 Å². The van der Waals surface area contributed by atoms with E-state index in [1.54, 1.807) is 61.6 Å². The number of benzene rings is 1. The molecule has 11 heteroatoms. The SMILES string of the molecule is COCO/C(=C/CCC(C(=O)OC)C(=O)OC)C[C@@H](C(=O)OC)[C@H](O)/C(C)=C\C=C\COC(=O)c1ccccc1. The van der Waals surface area contributed by atoms with Gasteiger partial charge in [0.1, 0.15) is 6.61 Å². The first-order valence-electron chi connectivity index (χ1n) is 12.5. The van der Waals surface area contributed by atoms with Crippen LogP contribution in [0.1, 0.15) is 36.5 Å². The molecule has 0 fully saturated rings. The van der Waals surface area contributed by atoms with Crippen molar-refractivity contribution in [3.8, 4) is 0 Å². The Morgan fingerprint density at radius 1 is 0.900 bits per heavy atom. The Balaban J connectivity index is 2.92. The average Bonchev–Trinajstić information content (AvgIpc) is 2.98. The van der Waals surface area contributed by atoms with Crippen LogP contribution in [-0.4, -0.2) is 76.9 Å². The predicted molar refractivity (Wildman–Crippen MR) is 144 cm³/mol. The van der Waals surface area contributed by atoms with Crippen molar-refractivity contribution in [2.75, 3.05) is 41.8 Å². The van der Waals surface area contributed by atoms with E-state index in [1.165, 1.54) is 28.4 Å². The van der Waals surface area contributed by atoms with Crippen LogP contribution < -0.4 is 0 Å². The Hall–Kier alpha value is -3.96. The number of allylic oxidation sites excluding steroid dienone is 4. The third-order valence-electron chi connectivity index (χ3n) is 5.75. The maximum atomic E-state index is 12.6. The van der Waals surface area contributed by atoms with Gasteiger partial charge in [-0.2, -0.15) is 0 Å². The Morgan fingerprint density at radius 3 is 2.10 bits per heavy atom. The zero-order chi connectivity index (χ0) is 29.9. The van der Waals surface area contributed by atoms with Gasteiger partial charge in [-0.1, -0.05) is 30.4 Å². The molecule has 1 aromatic carbocycles. The molecule has 0 unspecified atom stereocenters. The first kappa shape index (κ1) is 34.1. The lowest BCUT2D eigenvalue weighted by molar-refractivity contribution is -0.159. The van der Waals surface area contributed by atoms with Gasteiger partial charge in [-0.3, -0.25) is 14.4 Å². The minimum atomic E-state index is -1.24. The van der Waals surface area contributed by atoms with Crippen LogP contribution >= 0.6 is 0 Å². The van der Waals surface area contributed by atoms with Crippen molar-refractivity contribution in [2.24, 2.45) is 11.8 Å². The lowest BCUT2D eigenvalue weighted by atomic mass is 9.91. The van der Waals surface area contributed by atoms with E-state index in [-0.39, 0.29) is 32.7 Å². The summed E-state index contributed by atoms with van der Waals surface area (Å²) in [5.74, 6) is -4.46.